The lowest BCUT2D eigenvalue weighted by Crippen LogP contribution is -2.39. The van der Waals surface area contributed by atoms with Crippen molar-refractivity contribution in [2.75, 3.05) is 13.1 Å². The summed E-state index contributed by atoms with van der Waals surface area (Å²) in [4.78, 5) is 13.8. The van der Waals surface area contributed by atoms with Gasteiger partial charge in [-0.25, -0.2) is 9.18 Å². The Balaban J connectivity index is 1.62. The van der Waals surface area contributed by atoms with Gasteiger partial charge in [0.05, 0.1) is 0 Å². The SMILES string of the molecule is CC(C)(C)OC(=O)N1CC=C(c2ccc(OCc3ccccc3)cc2F)CC1. The van der Waals surface area contributed by atoms with Crippen molar-refractivity contribution in [3.63, 3.8) is 0 Å². The highest BCUT2D eigenvalue weighted by Gasteiger charge is 2.24. The van der Waals surface area contributed by atoms with Crippen LogP contribution in [0.25, 0.3) is 5.57 Å². The average Bonchev–Trinajstić information content (AvgIpc) is 2.66. The molecule has 0 bridgehead atoms. The van der Waals surface area contributed by atoms with E-state index >= 15 is 0 Å². The summed E-state index contributed by atoms with van der Waals surface area (Å²) in [5, 5.41) is 0. The fourth-order valence-corrected chi connectivity index (χ4v) is 2.99. The van der Waals surface area contributed by atoms with Crippen LogP contribution in [0, 0.1) is 5.82 Å². The fraction of sp³-hybridized carbons (Fsp3) is 0.348. The third kappa shape index (κ3) is 5.35. The van der Waals surface area contributed by atoms with Crippen molar-refractivity contribution in [1.82, 2.24) is 4.90 Å². The molecule has 0 radical (unpaired) electrons. The van der Waals surface area contributed by atoms with Crippen LogP contribution in [0.1, 0.15) is 38.3 Å². The first kappa shape index (κ1) is 19.9. The van der Waals surface area contributed by atoms with E-state index < -0.39 is 5.60 Å². The van der Waals surface area contributed by atoms with Crippen molar-refractivity contribution in [3.8, 4) is 5.75 Å². The predicted molar refractivity (Wildman–Crippen MR) is 108 cm³/mol. The van der Waals surface area contributed by atoms with Gasteiger partial charge in [0, 0.05) is 24.7 Å². The monoisotopic (exact) mass is 383 g/mol. The highest BCUT2D eigenvalue weighted by atomic mass is 19.1. The maximum atomic E-state index is 14.6. The highest BCUT2D eigenvalue weighted by molar-refractivity contribution is 5.73. The summed E-state index contributed by atoms with van der Waals surface area (Å²) in [6.07, 6.45) is 2.13. The Kier molecular flexibility index (Phi) is 6.02. The van der Waals surface area contributed by atoms with E-state index in [-0.39, 0.29) is 11.9 Å². The number of halogens is 1. The first-order valence-corrected chi connectivity index (χ1v) is 9.45. The summed E-state index contributed by atoms with van der Waals surface area (Å²) < 4.78 is 25.7. The van der Waals surface area contributed by atoms with E-state index in [1.807, 2.05) is 57.2 Å². The number of ether oxygens (including phenoxy) is 2. The molecule has 1 heterocycles. The van der Waals surface area contributed by atoms with E-state index in [4.69, 9.17) is 9.47 Å². The van der Waals surface area contributed by atoms with Gasteiger partial charge in [0.25, 0.3) is 0 Å². The number of benzene rings is 2. The van der Waals surface area contributed by atoms with E-state index in [1.165, 1.54) is 6.07 Å². The third-order valence-corrected chi connectivity index (χ3v) is 4.40. The van der Waals surface area contributed by atoms with Crippen LogP contribution >= 0.6 is 0 Å². The molecule has 5 heteroatoms. The molecule has 0 atom stereocenters. The fourth-order valence-electron chi connectivity index (χ4n) is 2.99. The van der Waals surface area contributed by atoms with E-state index in [2.05, 4.69) is 0 Å². The molecule has 0 fully saturated rings. The van der Waals surface area contributed by atoms with E-state index in [0.29, 0.717) is 37.4 Å². The van der Waals surface area contributed by atoms with Crippen molar-refractivity contribution >= 4 is 11.7 Å². The molecule has 3 rings (SSSR count). The van der Waals surface area contributed by atoms with Gasteiger partial charge >= 0.3 is 6.09 Å². The summed E-state index contributed by atoms with van der Waals surface area (Å²) in [5.41, 5.74) is 1.95. The molecule has 0 aromatic heterocycles. The minimum atomic E-state index is -0.525. The van der Waals surface area contributed by atoms with Crippen LogP contribution in [0.4, 0.5) is 9.18 Å². The Morgan fingerprint density at radius 1 is 1.14 bits per heavy atom. The first-order chi connectivity index (χ1) is 13.3. The molecular formula is C23H26FNO3. The summed E-state index contributed by atoms with van der Waals surface area (Å²) in [7, 11) is 0. The van der Waals surface area contributed by atoms with Crippen LogP contribution in [0.15, 0.2) is 54.6 Å². The van der Waals surface area contributed by atoms with Crippen molar-refractivity contribution < 1.29 is 18.7 Å². The Hall–Kier alpha value is -2.82. The number of rotatable bonds is 4. The van der Waals surface area contributed by atoms with Gasteiger partial charge < -0.3 is 14.4 Å². The quantitative estimate of drug-likeness (QED) is 0.707. The first-order valence-electron chi connectivity index (χ1n) is 9.45. The molecule has 4 nitrogen and oxygen atoms in total. The van der Waals surface area contributed by atoms with Crippen molar-refractivity contribution in [1.29, 1.82) is 0 Å². The lowest BCUT2D eigenvalue weighted by atomic mass is 9.99. The molecule has 148 valence electrons. The second kappa shape index (κ2) is 8.46. The van der Waals surface area contributed by atoms with E-state index in [9.17, 15) is 9.18 Å². The third-order valence-electron chi connectivity index (χ3n) is 4.40. The van der Waals surface area contributed by atoms with Gasteiger partial charge in [-0.15, -0.1) is 0 Å². The molecule has 1 aliphatic rings. The van der Waals surface area contributed by atoms with Gasteiger partial charge in [-0.2, -0.15) is 0 Å². The summed E-state index contributed by atoms with van der Waals surface area (Å²) >= 11 is 0. The lowest BCUT2D eigenvalue weighted by molar-refractivity contribution is 0.0270. The molecule has 28 heavy (non-hydrogen) atoms. The van der Waals surface area contributed by atoms with Crippen LogP contribution < -0.4 is 4.74 Å². The molecule has 0 unspecified atom stereocenters. The van der Waals surface area contributed by atoms with Crippen LogP contribution in [-0.4, -0.2) is 29.7 Å². The topological polar surface area (TPSA) is 38.8 Å². The summed E-state index contributed by atoms with van der Waals surface area (Å²) in [6, 6.07) is 14.7. The highest BCUT2D eigenvalue weighted by Crippen LogP contribution is 2.28. The zero-order valence-corrected chi connectivity index (χ0v) is 16.6. The number of carbonyl (C=O) groups is 1. The number of hydrogen-bond acceptors (Lipinski definition) is 3. The van der Waals surface area contributed by atoms with Gasteiger partial charge in [0.15, 0.2) is 0 Å². The number of hydrogen-bond donors (Lipinski definition) is 0. The molecule has 0 saturated carbocycles. The standard InChI is InChI=1S/C23H26FNO3/c1-23(2,3)28-22(26)25-13-11-18(12-14-25)20-10-9-19(15-21(20)24)27-16-17-7-5-4-6-8-17/h4-11,15H,12-14,16H2,1-3H3. The normalized spacial score (nSPS) is 14.4. The zero-order chi connectivity index (χ0) is 20.1. The average molecular weight is 383 g/mol. The number of amides is 1. The molecule has 2 aromatic rings. The largest absolute Gasteiger partial charge is 0.489 e. The van der Waals surface area contributed by atoms with Crippen LogP contribution in [0.3, 0.4) is 0 Å². The number of nitrogens with zero attached hydrogens (tertiary/aromatic N) is 1. The number of carbonyl (C=O) groups excluding carboxylic acids is 1. The maximum Gasteiger partial charge on any atom is 0.410 e. The van der Waals surface area contributed by atoms with Gasteiger partial charge in [0.1, 0.15) is 23.8 Å². The van der Waals surface area contributed by atoms with Gasteiger partial charge in [-0.05, 0) is 50.5 Å². The second-order valence-electron chi connectivity index (χ2n) is 7.82. The molecule has 0 saturated heterocycles. The molecule has 0 aliphatic carbocycles. The molecule has 1 aliphatic heterocycles. The van der Waals surface area contributed by atoms with Crippen molar-refractivity contribution in [3.05, 3.63) is 71.6 Å². The molecule has 1 amide bonds. The van der Waals surface area contributed by atoms with Gasteiger partial charge in [0.2, 0.25) is 0 Å². The van der Waals surface area contributed by atoms with Gasteiger partial charge in [-0.3, -0.25) is 0 Å². The van der Waals surface area contributed by atoms with E-state index in [0.717, 1.165) is 11.1 Å². The summed E-state index contributed by atoms with van der Waals surface area (Å²) in [5.74, 6) is 0.180. The Morgan fingerprint density at radius 2 is 1.89 bits per heavy atom. The Labute approximate surface area is 165 Å². The lowest BCUT2D eigenvalue weighted by Gasteiger charge is -2.29. The predicted octanol–water partition coefficient (Wildman–Crippen LogP) is 5.43. The van der Waals surface area contributed by atoms with Crippen LogP contribution in [-0.2, 0) is 11.3 Å². The Bertz CT molecular complexity index is 856. The maximum absolute atomic E-state index is 14.6. The molecule has 0 N–H and O–H groups in total. The minimum absolute atomic E-state index is 0.317. The molecular weight excluding hydrogens is 357 g/mol. The van der Waals surface area contributed by atoms with E-state index in [1.54, 1.807) is 17.0 Å². The second-order valence-corrected chi connectivity index (χ2v) is 7.82. The van der Waals surface area contributed by atoms with Gasteiger partial charge in [-0.1, -0.05) is 36.4 Å². The zero-order valence-electron chi connectivity index (χ0n) is 16.6. The molecule has 2 aromatic carbocycles. The molecule has 0 spiro atoms. The van der Waals surface area contributed by atoms with Crippen LogP contribution in [0.5, 0.6) is 5.75 Å². The Morgan fingerprint density at radius 3 is 2.50 bits per heavy atom. The van der Waals surface area contributed by atoms with Crippen LogP contribution in [0.2, 0.25) is 0 Å². The minimum Gasteiger partial charge on any atom is -0.489 e. The summed E-state index contributed by atoms with van der Waals surface area (Å²) in [6.45, 7) is 6.84. The van der Waals surface area contributed by atoms with Crippen molar-refractivity contribution in [2.45, 2.75) is 39.4 Å². The smallest absolute Gasteiger partial charge is 0.410 e. The van der Waals surface area contributed by atoms with Crippen molar-refractivity contribution in [2.24, 2.45) is 0 Å².